The van der Waals surface area contributed by atoms with Crippen molar-refractivity contribution in [1.29, 1.82) is 0 Å². The number of aryl methyl sites for hydroxylation is 1. The molecule has 3 rings (SSSR count). The van der Waals surface area contributed by atoms with Crippen molar-refractivity contribution in [3.63, 3.8) is 0 Å². The van der Waals surface area contributed by atoms with Crippen molar-refractivity contribution in [2.75, 3.05) is 0 Å². The topological polar surface area (TPSA) is 43.4 Å². The Morgan fingerprint density at radius 2 is 1.61 bits per heavy atom. The highest BCUT2D eigenvalue weighted by Gasteiger charge is 2.26. The average molecular weight is 238 g/mol. The van der Waals surface area contributed by atoms with E-state index in [1.165, 1.54) is 0 Å². The average Bonchev–Trinajstić information content (AvgIpc) is 2.64. The maximum Gasteiger partial charge on any atom is 0.298 e. The van der Waals surface area contributed by atoms with Crippen LogP contribution >= 0.6 is 0 Å². The number of ketones is 1. The van der Waals surface area contributed by atoms with Gasteiger partial charge in [0, 0.05) is 11.1 Å². The van der Waals surface area contributed by atoms with E-state index in [-0.39, 0.29) is 5.78 Å². The smallest absolute Gasteiger partial charge is 0.298 e. The van der Waals surface area contributed by atoms with Crippen LogP contribution in [0, 0.1) is 6.92 Å². The first kappa shape index (κ1) is 10.7. The van der Waals surface area contributed by atoms with Crippen LogP contribution in [0.5, 0.6) is 5.75 Å². The second-order valence-corrected chi connectivity index (χ2v) is 4.30. The third kappa shape index (κ3) is 1.44. The highest BCUT2D eigenvalue weighted by Crippen LogP contribution is 2.38. The van der Waals surface area contributed by atoms with Gasteiger partial charge in [0.05, 0.1) is 0 Å². The molecule has 1 aliphatic carbocycles. The molecule has 0 radical (unpaired) electrons. The summed E-state index contributed by atoms with van der Waals surface area (Å²) >= 11 is 0. The van der Waals surface area contributed by atoms with Gasteiger partial charge in [-0.1, -0.05) is 17.7 Å². The summed E-state index contributed by atoms with van der Waals surface area (Å²) in [6.07, 6.45) is 0. The first-order chi connectivity index (χ1) is 8.70. The fourth-order valence-corrected chi connectivity index (χ4v) is 2.30. The Balaban J connectivity index is 2.19. The van der Waals surface area contributed by atoms with Gasteiger partial charge in [0.1, 0.15) is 5.75 Å². The highest BCUT2D eigenvalue weighted by atomic mass is 16.5. The molecule has 0 amide bonds. The Hall–Kier alpha value is -2.42. The van der Waals surface area contributed by atoms with Crippen molar-refractivity contribution >= 4 is 12.3 Å². The van der Waals surface area contributed by atoms with Gasteiger partial charge in [-0.15, -0.1) is 0 Å². The van der Waals surface area contributed by atoms with Crippen LogP contribution in [0.25, 0.3) is 11.1 Å². The second-order valence-electron chi connectivity index (χ2n) is 4.30. The lowest BCUT2D eigenvalue weighted by Gasteiger charge is -2.02. The third-order valence-corrected chi connectivity index (χ3v) is 3.13. The molecule has 18 heavy (non-hydrogen) atoms. The highest BCUT2D eigenvalue weighted by molar-refractivity contribution is 6.21. The van der Waals surface area contributed by atoms with Crippen LogP contribution < -0.4 is 4.74 Å². The van der Waals surface area contributed by atoms with Crippen molar-refractivity contribution in [2.45, 2.75) is 6.92 Å². The summed E-state index contributed by atoms with van der Waals surface area (Å²) in [7, 11) is 0. The minimum Gasteiger partial charge on any atom is -0.429 e. The molecule has 2 aromatic rings. The van der Waals surface area contributed by atoms with Crippen molar-refractivity contribution in [3.05, 3.63) is 53.1 Å². The summed E-state index contributed by atoms with van der Waals surface area (Å²) in [5, 5.41) is 0. The first-order valence-corrected chi connectivity index (χ1v) is 5.61. The number of rotatable bonds is 2. The number of carbonyl (C=O) groups is 2. The fraction of sp³-hybridized carbons (Fsp3) is 0.0667. The minimum absolute atomic E-state index is 0.0138. The van der Waals surface area contributed by atoms with E-state index in [1.54, 1.807) is 12.1 Å². The number of fused-ring (bicyclic) bond motifs is 3. The fourth-order valence-electron chi connectivity index (χ4n) is 2.30. The molecule has 0 fully saturated rings. The van der Waals surface area contributed by atoms with Gasteiger partial charge in [-0.2, -0.15) is 0 Å². The van der Waals surface area contributed by atoms with E-state index >= 15 is 0 Å². The second kappa shape index (κ2) is 3.81. The summed E-state index contributed by atoms with van der Waals surface area (Å²) in [6, 6.07) is 10.9. The lowest BCUT2D eigenvalue weighted by atomic mass is 10.0. The molecule has 1 aliphatic rings. The van der Waals surface area contributed by atoms with E-state index in [9.17, 15) is 9.59 Å². The van der Waals surface area contributed by atoms with Crippen molar-refractivity contribution in [1.82, 2.24) is 0 Å². The lowest BCUT2D eigenvalue weighted by Crippen LogP contribution is -1.96. The summed E-state index contributed by atoms with van der Waals surface area (Å²) in [5.41, 5.74) is 4.20. The van der Waals surface area contributed by atoms with Crippen LogP contribution in [-0.2, 0) is 4.79 Å². The number of benzene rings is 2. The maximum absolute atomic E-state index is 12.3. The summed E-state index contributed by atoms with van der Waals surface area (Å²) in [6.45, 7) is 2.32. The van der Waals surface area contributed by atoms with E-state index in [0.717, 1.165) is 16.7 Å². The van der Waals surface area contributed by atoms with Gasteiger partial charge in [-0.25, -0.2) is 0 Å². The molecule has 88 valence electrons. The first-order valence-electron chi connectivity index (χ1n) is 5.61. The molecule has 0 aliphatic heterocycles. The van der Waals surface area contributed by atoms with Crippen LogP contribution in [0.2, 0.25) is 0 Å². The zero-order valence-corrected chi connectivity index (χ0v) is 9.77. The molecular weight excluding hydrogens is 228 g/mol. The van der Waals surface area contributed by atoms with Gasteiger partial charge in [-0.3, -0.25) is 9.59 Å². The Morgan fingerprint density at radius 3 is 2.33 bits per heavy atom. The van der Waals surface area contributed by atoms with Crippen LogP contribution in [0.3, 0.4) is 0 Å². The SMILES string of the molecule is Cc1ccc2c(c1)C(=O)c1cc(OC=O)ccc1-2. The zero-order chi connectivity index (χ0) is 12.7. The standard InChI is InChI=1S/C15H10O3/c1-9-2-4-11-12-5-3-10(18-8-16)7-14(12)15(17)13(11)6-9/h2-8H,1H3. The quantitative estimate of drug-likeness (QED) is 0.645. The Bertz CT molecular complexity index is 671. The molecule has 0 bridgehead atoms. The molecule has 0 atom stereocenters. The monoisotopic (exact) mass is 238 g/mol. The molecule has 0 aromatic heterocycles. The van der Waals surface area contributed by atoms with E-state index < -0.39 is 0 Å². The molecule has 0 heterocycles. The number of hydrogen-bond donors (Lipinski definition) is 0. The maximum atomic E-state index is 12.3. The Morgan fingerprint density at radius 1 is 0.944 bits per heavy atom. The van der Waals surface area contributed by atoms with Crippen molar-refractivity contribution in [3.8, 4) is 16.9 Å². The molecule has 0 unspecified atom stereocenters. The van der Waals surface area contributed by atoms with E-state index in [4.69, 9.17) is 4.74 Å². The third-order valence-electron chi connectivity index (χ3n) is 3.13. The van der Waals surface area contributed by atoms with E-state index in [0.29, 0.717) is 23.3 Å². The van der Waals surface area contributed by atoms with Gasteiger partial charge >= 0.3 is 0 Å². The predicted molar refractivity (Wildman–Crippen MR) is 66.7 cm³/mol. The van der Waals surface area contributed by atoms with Gasteiger partial charge < -0.3 is 4.74 Å². The summed E-state index contributed by atoms with van der Waals surface area (Å²) in [5.74, 6) is 0.377. The van der Waals surface area contributed by atoms with Gasteiger partial charge in [0.2, 0.25) is 0 Å². The minimum atomic E-state index is -0.0138. The van der Waals surface area contributed by atoms with E-state index in [2.05, 4.69) is 0 Å². The Kier molecular flexibility index (Phi) is 2.27. The van der Waals surface area contributed by atoms with Gasteiger partial charge in [0.15, 0.2) is 5.78 Å². The molecule has 0 spiro atoms. The lowest BCUT2D eigenvalue weighted by molar-refractivity contribution is -0.120. The molecule has 2 aromatic carbocycles. The normalized spacial score (nSPS) is 11.9. The van der Waals surface area contributed by atoms with Crippen molar-refractivity contribution in [2.24, 2.45) is 0 Å². The molecular formula is C15H10O3. The Labute approximate surface area is 104 Å². The number of ether oxygens (including phenoxy) is 1. The van der Waals surface area contributed by atoms with Gasteiger partial charge in [-0.05, 0) is 42.3 Å². The summed E-state index contributed by atoms with van der Waals surface area (Å²) < 4.78 is 4.77. The van der Waals surface area contributed by atoms with Gasteiger partial charge in [0.25, 0.3) is 6.47 Å². The van der Waals surface area contributed by atoms with E-state index in [1.807, 2.05) is 31.2 Å². The van der Waals surface area contributed by atoms with Crippen LogP contribution in [0.4, 0.5) is 0 Å². The van der Waals surface area contributed by atoms with Crippen LogP contribution in [-0.4, -0.2) is 12.3 Å². The van der Waals surface area contributed by atoms with Crippen LogP contribution in [0.15, 0.2) is 36.4 Å². The molecule has 0 saturated carbocycles. The van der Waals surface area contributed by atoms with Crippen LogP contribution in [0.1, 0.15) is 21.5 Å². The summed E-state index contributed by atoms with van der Waals surface area (Å²) in [4.78, 5) is 22.6. The number of hydrogen-bond acceptors (Lipinski definition) is 3. The molecule has 3 heteroatoms. The molecule has 0 saturated heterocycles. The molecule has 3 nitrogen and oxygen atoms in total. The molecule has 0 N–H and O–H groups in total. The predicted octanol–water partition coefficient (Wildman–Crippen LogP) is 2.74. The largest absolute Gasteiger partial charge is 0.429 e. The van der Waals surface area contributed by atoms with Crippen molar-refractivity contribution < 1.29 is 14.3 Å². The number of carbonyl (C=O) groups excluding carboxylic acids is 2. The zero-order valence-electron chi connectivity index (χ0n) is 9.77.